The van der Waals surface area contributed by atoms with Gasteiger partial charge in [-0.15, -0.1) is 10.2 Å². The summed E-state index contributed by atoms with van der Waals surface area (Å²) in [5, 5.41) is 13.4. The Morgan fingerprint density at radius 3 is 2.62 bits per heavy atom. The van der Waals surface area contributed by atoms with Crippen molar-refractivity contribution in [2.24, 2.45) is 0 Å². The van der Waals surface area contributed by atoms with E-state index < -0.39 is 11.6 Å². The molecule has 7 heteroatoms. The summed E-state index contributed by atoms with van der Waals surface area (Å²) >= 11 is 0. The molecule has 7 nitrogen and oxygen atoms in total. The number of carbonyl (C=O) groups excluding carboxylic acids is 2. The predicted molar refractivity (Wildman–Crippen MR) is 117 cm³/mol. The van der Waals surface area contributed by atoms with Gasteiger partial charge in [0.2, 0.25) is 11.8 Å². The topological polar surface area (TPSA) is 88.3 Å². The maximum Gasteiger partial charge on any atom is 0.325 e. The molecule has 2 heterocycles. The number of hydrogen-bond acceptors (Lipinski definition) is 5. The van der Waals surface area contributed by atoms with Crippen molar-refractivity contribution in [3.05, 3.63) is 95.2 Å². The smallest absolute Gasteiger partial charge is 0.325 e. The zero-order chi connectivity index (χ0) is 21.7. The first-order valence-corrected chi connectivity index (χ1v) is 10.6. The number of nitrogens with one attached hydrogen (secondary N) is 1. The normalized spacial score (nSPS) is 19.7. The fourth-order valence-corrected chi connectivity index (χ4v) is 4.82. The van der Waals surface area contributed by atoms with Gasteiger partial charge >= 0.3 is 6.03 Å². The summed E-state index contributed by atoms with van der Waals surface area (Å²) in [5.74, 6) is 0.428. The van der Waals surface area contributed by atoms with Gasteiger partial charge in [0, 0.05) is 0 Å². The number of urea groups is 1. The first-order chi connectivity index (χ1) is 15.6. The molecule has 1 aliphatic heterocycles. The number of hydrogen-bond donors (Lipinski definition) is 1. The van der Waals surface area contributed by atoms with Crippen molar-refractivity contribution < 1.29 is 14.0 Å². The Morgan fingerprint density at radius 1 is 0.938 bits per heavy atom. The number of fused-ring (bicyclic) bond motifs is 3. The van der Waals surface area contributed by atoms with E-state index >= 15 is 0 Å². The average Bonchev–Trinajstić information content (AvgIpc) is 3.48. The largest absolute Gasteiger partial charge is 0.423 e. The van der Waals surface area contributed by atoms with Crippen LogP contribution in [0.1, 0.15) is 34.9 Å². The van der Waals surface area contributed by atoms with Crippen molar-refractivity contribution in [3.8, 4) is 0 Å². The second kappa shape index (κ2) is 7.02. The summed E-state index contributed by atoms with van der Waals surface area (Å²) in [6.45, 7) is -0.0424. The van der Waals surface area contributed by atoms with Crippen molar-refractivity contribution in [3.63, 3.8) is 0 Å². The van der Waals surface area contributed by atoms with Crippen LogP contribution in [0.2, 0.25) is 0 Å². The van der Waals surface area contributed by atoms with Crippen LogP contribution in [-0.4, -0.2) is 27.0 Å². The minimum absolute atomic E-state index is 0.0424. The third-order valence-electron chi connectivity index (χ3n) is 6.39. The Hall–Kier alpha value is -4.00. The molecule has 1 aliphatic carbocycles. The molecule has 0 bridgehead atoms. The molecule has 1 aromatic heterocycles. The Balaban J connectivity index is 1.21. The molecule has 4 aromatic rings. The second-order valence-electron chi connectivity index (χ2n) is 8.33. The summed E-state index contributed by atoms with van der Waals surface area (Å²) < 4.78 is 5.78. The molecule has 32 heavy (non-hydrogen) atoms. The van der Waals surface area contributed by atoms with Crippen LogP contribution >= 0.6 is 0 Å². The van der Waals surface area contributed by atoms with Gasteiger partial charge in [-0.25, -0.2) is 4.79 Å². The molecule has 6 rings (SSSR count). The van der Waals surface area contributed by atoms with Crippen LogP contribution in [0.25, 0.3) is 10.8 Å². The van der Waals surface area contributed by atoms with E-state index in [0.717, 1.165) is 28.5 Å². The van der Waals surface area contributed by atoms with Crippen molar-refractivity contribution in [2.45, 2.75) is 31.3 Å². The zero-order valence-electron chi connectivity index (χ0n) is 17.2. The molecule has 1 atom stereocenters. The van der Waals surface area contributed by atoms with Crippen molar-refractivity contribution in [1.82, 2.24) is 20.4 Å². The van der Waals surface area contributed by atoms with Crippen LogP contribution in [0.3, 0.4) is 0 Å². The molecule has 1 spiro atoms. The zero-order valence-corrected chi connectivity index (χ0v) is 17.2. The quantitative estimate of drug-likeness (QED) is 0.505. The van der Waals surface area contributed by atoms with E-state index in [1.807, 2.05) is 42.5 Å². The van der Waals surface area contributed by atoms with E-state index in [-0.39, 0.29) is 18.3 Å². The SMILES string of the molecule is O=C1NC2(CCc3ccccc32)C(=O)N1Cc1nnc(Cc2ccc3ccccc3c2)o1. The number of imide groups is 1. The molecular formula is C25H20N4O3. The van der Waals surface area contributed by atoms with Crippen LogP contribution in [0.15, 0.2) is 71.1 Å². The fraction of sp³-hybridized carbons (Fsp3) is 0.200. The Bertz CT molecular complexity index is 1380. The molecule has 3 aromatic carbocycles. The summed E-state index contributed by atoms with van der Waals surface area (Å²) in [6.07, 6.45) is 1.80. The van der Waals surface area contributed by atoms with E-state index in [1.165, 1.54) is 10.3 Å². The maximum atomic E-state index is 13.3. The lowest BCUT2D eigenvalue weighted by Gasteiger charge is -2.21. The Kier molecular flexibility index (Phi) is 4.11. The molecule has 1 unspecified atom stereocenters. The number of rotatable bonds is 4. The lowest BCUT2D eigenvalue weighted by Crippen LogP contribution is -2.41. The predicted octanol–water partition coefficient (Wildman–Crippen LogP) is 3.71. The van der Waals surface area contributed by atoms with E-state index in [4.69, 9.17) is 4.42 Å². The molecule has 1 N–H and O–H groups in total. The van der Waals surface area contributed by atoms with Gasteiger partial charge in [0.15, 0.2) is 0 Å². The van der Waals surface area contributed by atoms with E-state index in [0.29, 0.717) is 18.7 Å². The third-order valence-corrected chi connectivity index (χ3v) is 6.39. The highest BCUT2D eigenvalue weighted by molar-refractivity contribution is 6.08. The van der Waals surface area contributed by atoms with Crippen LogP contribution in [-0.2, 0) is 29.7 Å². The second-order valence-corrected chi connectivity index (χ2v) is 8.33. The van der Waals surface area contributed by atoms with Crippen LogP contribution < -0.4 is 5.32 Å². The van der Waals surface area contributed by atoms with E-state index in [2.05, 4.69) is 39.8 Å². The Labute approximate surface area is 184 Å². The van der Waals surface area contributed by atoms with Gasteiger partial charge in [-0.2, -0.15) is 0 Å². The summed E-state index contributed by atoms with van der Waals surface area (Å²) in [6, 6.07) is 21.7. The molecule has 3 amide bonds. The van der Waals surface area contributed by atoms with Gasteiger partial charge in [-0.3, -0.25) is 9.69 Å². The minimum atomic E-state index is -0.985. The summed E-state index contributed by atoms with van der Waals surface area (Å²) in [5.41, 5.74) is 2.04. The number of aryl methyl sites for hydroxylation is 1. The minimum Gasteiger partial charge on any atom is -0.423 e. The van der Waals surface area contributed by atoms with Crippen molar-refractivity contribution in [2.75, 3.05) is 0 Å². The highest BCUT2D eigenvalue weighted by Gasteiger charge is 2.55. The van der Waals surface area contributed by atoms with Crippen LogP contribution in [0.5, 0.6) is 0 Å². The van der Waals surface area contributed by atoms with Gasteiger partial charge < -0.3 is 9.73 Å². The first kappa shape index (κ1) is 18.7. The number of amides is 3. The summed E-state index contributed by atoms with van der Waals surface area (Å²) in [4.78, 5) is 27.1. The van der Waals surface area contributed by atoms with Crippen molar-refractivity contribution >= 4 is 22.7 Å². The third kappa shape index (κ3) is 2.89. The van der Waals surface area contributed by atoms with E-state index in [1.54, 1.807) is 0 Å². The molecular weight excluding hydrogens is 404 g/mol. The highest BCUT2D eigenvalue weighted by Crippen LogP contribution is 2.41. The van der Waals surface area contributed by atoms with Crippen LogP contribution in [0.4, 0.5) is 4.79 Å². The maximum absolute atomic E-state index is 13.3. The van der Waals surface area contributed by atoms with Crippen LogP contribution in [0, 0.1) is 0 Å². The van der Waals surface area contributed by atoms with Gasteiger partial charge in [-0.1, -0.05) is 66.7 Å². The van der Waals surface area contributed by atoms with Gasteiger partial charge in [0.25, 0.3) is 5.91 Å². The molecule has 2 aliphatic rings. The molecule has 1 fully saturated rings. The standard InChI is InChI=1S/C25H20N4O3/c30-23-25(12-11-18-6-3-4-8-20(18)25)26-24(31)29(23)15-22-28-27-21(32-22)14-16-9-10-17-5-1-2-7-19(17)13-16/h1-10,13H,11-12,14-15H2,(H,26,31). The lowest BCUT2D eigenvalue weighted by atomic mass is 9.92. The molecule has 0 radical (unpaired) electrons. The van der Waals surface area contributed by atoms with Crippen molar-refractivity contribution in [1.29, 1.82) is 0 Å². The van der Waals surface area contributed by atoms with Gasteiger partial charge in [0.05, 0.1) is 6.42 Å². The number of carbonyl (C=O) groups is 2. The number of nitrogens with zero attached hydrogens (tertiary/aromatic N) is 3. The average molecular weight is 424 g/mol. The Morgan fingerprint density at radius 2 is 1.72 bits per heavy atom. The van der Waals surface area contributed by atoms with Gasteiger partial charge in [0.1, 0.15) is 12.1 Å². The highest BCUT2D eigenvalue weighted by atomic mass is 16.4. The fourth-order valence-electron chi connectivity index (χ4n) is 4.82. The van der Waals surface area contributed by atoms with Gasteiger partial charge in [-0.05, 0) is 40.3 Å². The van der Waals surface area contributed by atoms with E-state index in [9.17, 15) is 9.59 Å². The monoisotopic (exact) mass is 424 g/mol. The number of aromatic nitrogens is 2. The number of benzene rings is 3. The first-order valence-electron chi connectivity index (χ1n) is 10.6. The molecule has 158 valence electrons. The molecule has 0 saturated carbocycles. The lowest BCUT2D eigenvalue weighted by molar-refractivity contribution is -0.132. The summed E-state index contributed by atoms with van der Waals surface area (Å²) in [7, 11) is 0. The molecule has 1 saturated heterocycles.